The number of benzene rings is 1. The minimum Gasteiger partial charge on any atom is -0.354 e. The maximum atomic E-state index is 12.4. The van der Waals surface area contributed by atoms with Crippen LogP contribution in [0.2, 0.25) is 0 Å². The van der Waals surface area contributed by atoms with Crippen LogP contribution >= 0.6 is 11.8 Å². The molecule has 1 aliphatic rings. The Hall–Kier alpha value is -2.34. The van der Waals surface area contributed by atoms with Crippen molar-refractivity contribution in [3.8, 4) is 0 Å². The molecule has 3 rings (SSSR count). The largest absolute Gasteiger partial charge is 0.354 e. The first-order valence-electron chi connectivity index (χ1n) is 7.98. The Kier molecular flexibility index (Phi) is 5.48. The number of pyridine rings is 1. The summed E-state index contributed by atoms with van der Waals surface area (Å²) in [5.41, 5.74) is 0.542. The van der Waals surface area contributed by atoms with E-state index < -0.39 is 0 Å². The SMILES string of the molecule is O=C(NCCNC(=O)C1CC1)c1cccnc1Sc1ccccc1. The number of nitrogens with zero attached hydrogens (tertiary/aromatic N) is 1. The molecule has 24 heavy (non-hydrogen) atoms. The van der Waals surface area contributed by atoms with Crippen LogP contribution in [0.4, 0.5) is 0 Å². The quantitative estimate of drug-likeness (QED) is 0.759. The third kappa shape index (κ3) is 4.58. The molecule has 0 bridgehead atoms. The third-order valence-corrected chi connectivity index (χ3v) is 4.66. The number of hydrogen-bond acceptors (Lipinski definition) is 4. The molecule has 1 heterocycles. The number of nitrogens with one attached hydrogen (secondary N) is 2. The number of rotatable bonds is 7. The predicted molar refractivity (Wildman–Crippen MR) is 92.9 cm³/mol. The lowest BCUT2D eigenvalue weighted by atomic mass is 10.2. The Morgan fingerprint density at radius 3 is 2.54 bits per heavy atom. The molecule has 1 saturated carbocycles. The Morgan fingerprint density at radius 1 is 1.04 bits per heavy atom. The predicted octanol–water partition coefficient (Wildman–Crippen LogP) is 2.49. The molecule has 1 aromatic carbocycles. The fraction of sp³-hybridized carbons (Fsp3) is 0.278. The van der Waals surface area contributed by atoms with E-state index in [0.29, 0.717) is 23.7 Å². The highest BCUT2D eigenvalue weighted by molar-refractivity contribution is 7.99. The minimum atomic E-state index is -0.179. The Morgan fingerprint density at radius 2 is 1.79 bits per heavy atom. The van der Waals surface area contributed by atoms with Crippen molar-refractivity contribution in [3.63, 3.8) is 0 Å². The van der Waals surface area contributed by atoms with Crippen molar-refractivity contribution < 1.29 is 9.59 Å². The molecule has 0 aliphatic heterocycles. The van der Waals surface area contributed by atoms with Crippen LogP contribution in [0.5, 0.6) is 0 Å². The first-order chi connectivity index (χ1) is 11.7. The zero-order valence-electron chi connectivity index (χ0n) is 13.2. The molecule has 124 valence electrons. The highest BCUT2D eigenvalue weighted by Crippen LogP contribution is 2.29. The van der Waals surface area contributed by atoms with Crippen LogP contribution < -0.4 is 10.6 Å². The van der Waals surface area contributed by atoms with Gasteiger partial charge in [-0.1, -0.05) is 30.0 Å². The van der Waals surface area contributed by atoms with E-state index in [0.717, 1.165) is 17.7 Å². The molecule has 5 nitrogen and oxygen atoms in total. The summed E-state index contributed by atoms with van der Waals surface area (Å²) in [5, 5.41) is 6.33. The number of hydrogen-bond donors (Lipinski definition) is 2. The van der Waals surface area contributed by atoms with Crippen molar-refractivity contribution >= 4 is 23.6 Å². The first kappa shape index (κ1) is 16.5. The van der Waals surface area contributed by atoms with Crippen LogP contribution in [0.25, 0.3) is 0 Å². The van der Waals surface area contributed by atoms with Gasteiger partial charge in [-0.25, -0.2) is 4.98 Å². The van der Waals surface area contributed by atoms with Crippen LogP contribution in [0.1, 0.15) is 23.2 Å². The fourth-order valence-electron chi connectivity index (χ4n) is 2.19. The van der Waals surface area contributed by atoms with Crippen LogP contribution in [-0.2, 0) is 4.79 Å². The molecule has 1 aromatic heterocycles. The van der Waals surface area contributed by atoms with Crippen LogP contribution in [0.15, 0.2) is 58.6 Å². The van der Waals surface area contributed by atoms with Gasteiger partial charge in [0.15, 0.2) is 0 Å². The number of carbonyl (C=O) groups excluding carboxylic acids is 2. The van der Waals surface area contributed by atoms with Gasteiger partial charge in [0.2, 0.25) is 5.91 Å². The van der Waals surface area contributed by atoms with Crippen molar-refractivity contribution in [3.05, 3.63) is 54.2 Å². The van der Waals surface area contributed by atoms with Crippen LogP contribution in [-0.4, -0.2) is 29.9 Å². The van der Waals surface area contributed by atoms with Gasteiger partial charge in [0.25, 0.3) is 5.91 Å². The standard InChI is InChI=1S/C18H19N3O2S/c22-16(13-8-9-13)19-11-12-20-17(23)15-7-4-10-21-18(15)24-14-5-2-1-3-6-14/h1-7,10,13H,8-9,11-12H2,(H,19,22)(H,20,23). The summed E-state index contributed by atoms with van der Waals surface area (Å²) in [5.74, 6) is 0.0982. The monoisotopic (exact) mass is 341 g/mol. The number of amides is 2. The summed E-state index contributed by atoms with van der Waals surface area (Å²) >= 11 is 1.46. The molecule has 0 saturated heterocycles. The molecule has 1 fully saturated rings. The lowest BCUT2D eigenvalue weighted by Crippen LogP contribution is -2.35. The fourth-order valence-corrected chi connectivity index (χ4v) is 3.09. The second kappa shape index (κ2) is 7.97. The van der Waals surface area contributed by atoms with E-state index in [1.165, 1.54) is 11.8 Å². The van der Waals surface area contributed by atoms with Gasteiger partial charge >= 0.3 is 0 Å². The zero-order valence-corrected chi connectivity index (χ0v) is 14.0. The second-order valence-corrected chi connectivity index (χ2v) is 6.65. The third-order valence-electron chi connectivity index (χ3n) is 3.63. The highest BCUT2D eigenvalue weighted by atomic mass is 32.2. The Labute approximate surface area is 145 Å². The van der Waals surface area contributed by atoms with Crippen molar-refractivity contribution in [2.24, 2.45) is 5.92 Å². The molecule has 6 heteroatoms. The molecule has 2 aromatic rings. The molecule has 2 amide bonds. The molecule has 0 atom stereocenters. The average Bonchev–Trinajstić information content (AvgIpc) is 3.45. The van der Waals surface area contributed by atoms with Gasteiger partial charge in [0.05, 0.1) is 5.56 Å². The summed E-state index contributed by atoms with van der Waals surface area (Å²) in [6.45, 7) is 0.851. The van der Waals surface area contributed by atoms with E-state index in [1.54, 1.807) is 18.3 Å². The maximum Gasteiger partial charge on any atom is 0.254 e. The van der Waals surface area contributed by atoms with E-state index >= 15 is 0 Å². The Balaban J connectivity index is 1.55. The summed E-state index contributed by atoms with van der Waals surface area (Å²) in [6.07, 6.45) is 3.64. The van der Waals surface area contributed by atoms with E-state index in [1.807, 2.05) is 30.3 Å². The smallest absolute Gasteiger partial charge is 0.254 e. The highest BCUT2D eigenvalue weighted by Gasteiger charge is 2.29. The Bertz CT molecular complexity index is 717. The lowest BCUT2D eigenvalue weighted by molar-refractivity contribution is -0.122. The van der Waals surface area contributed by atoms with E-state index in [-0.39, 0.29) is 17.7 Å². The second-order valence-electron chi connectivity index (χ2n) is 5.59. The maximum absolute atomic E-state index is 12.4. The van der Waals surface area contributed by atoms with Crippen molar-refractivity contribution in [2.75, 3.05) is 13.1 Å². The summed E-state index contributed by atoms with van der Waals surface area (Å²) in [4.78, 5) is 29.3. The minimum absolute atomic E-state index is 0.0888. The van der Waals surface area contributed by atoms with Gasteiger partial charge in [-0.15, -0.1) is 0 Å². The van der Waals surface area contributed by atoms with E-state index in [9.17, 15) is 9.59 Å². The molecule has 0 radical (unpaired) electrons. The van der Waals surface area contributed by atoms with Crippen molar-refractivity contribution in [2.45, 2.75) is 22.8 Å². The van der Waals surface area contributed by atoms with Crippen LogP contribution in [0, 0.1) is 5.92 Å². The first-order valence-corrected chi connectivity index (χ1v) is 8.79. The summed E-state index contributed by atoms with van der Waals surface area (Å²) < 4.78 is 0. The van der Waals surface area contributed by atoms with Gasteiger partial charge in [-0.3, -0.25) is 9.59 Å². The van der Waals surface area contributed by atoms with Gasteiger partial charge < -0.3 is 10.6 Å². The van der Waals surface area contributed by atoms with Crippen molar-refractivity contribution in [1.82, 2.24) is 15.6 Å². The lowest BCUT2D eigenvalue weighted by Gasteiger charge is -2.09. The average molecular weight is 341 g/mol. The van der Waals surface area contributed by atoms with Gasteiger partial charge in [-0.05, 0) is 37.1 Å². The summed E-state index contributed by atoms with van der Waals surface area (Å²) in [6, 6.07) is 13.3. The van der Waals surface area contributed by atoms with Crippen LogP contribution in [0.3, 0.4) is 0 Å². The van der Waals surface area contributed by atoms with Crippen molar-refractivity contribution in [1.29, 1.82) is 0 Å². The van der Waals surface area contributed by atoms with Gasteiger partial charge in [0, 0.05) is 30.1 Å². The number of carbonyl (C=O) groups is 2. The molecule has 1 aliphatic carbocycles. The topological polar surface area (TPSA) is 71.1 Å². The van der Waals surface area contributed by atoms with E-state index in [4.69, 9.17) is 0 Å². The normalized spacial score (nSPS) is 13.3. The molecule has 0 unspecified atom stereocenters. The molecule has 0 spiro atoms. The van der Waals surface area contributed by atoms with Gasteiger partial charge in [0.1, 0.15) is 5.03 Å². The molecular weight excluding hydrogens is 322 g/mol. The number of aromatic nitrogens is 1. The summed E-state index contributed by atoms with van der Waals surface area (Å²) in [7, 11) is 0. The van der Waals surface area contributed by atoms with E-state index in [2.05, 4.69) is 15.6 Å². The molecular formula is C18H19N3O2S. The van der Waals surface area contributed by atoms with Gasteiger partial charge in [-0.2, -0.15) is 0 Å². The zero-order chi connectivity index (χ0) is 16.8. The molecule has 2 N–H and O–H groups in total.